The number of piperidine rings is 2. The summed E-state index contributed by atoms with van der Waals surface area (Å²) in [4.78, 5) is 5.24. The number of likely N-dealkylation sites (tertiary alicyclic amines) is 2. The van der Waals surface area contributed by atoms with Gasteiger partial charge in [-0.25, -0.2) is 0 Å². The second-order valence-corrected chi connectivity index (χ2v) is 6.72. The van der Waals surface area contributed by atoms with Crippen molar-refractivity contribution in [3.63, 3.8) is 0 Å². The molecule has 0 aromatic carbocycles. The quantitative estimate of drug-likeness (QED) is 0.811. The maximum atomic E-state index is 5.93. The van der Waals surface area contributed by atoms with Crippen LogP contribution in [0.3, 0.4) is 0 Å². The first-order valence-corrected chi connectivity index (χ1v) is 7.25. The Morgan fingerprint density at radius 3 is 2.35 bits per heavy atom. The molecule has 0 radical (unpaired) electrons. The van der Waals surface area contributed by atoms with Crippen molar-refractivity contribution >= 4 is 0 Å². The van der Waals surface area contributed by atoms with Gasteiger partial charge in [0, 0.05) is 25.7 Å². The predicted octanol–water partition coefficient (Wildman–Crippen LogP) is 1.53. The smallest absolute Gasteiger partial charge is 0.0110 e. The highest BCUT2D eigenvalue weighted by atomic mass is 15.2. The molecule has 0 amide bonds. The maximum absolute atomic E-state index is 5.93. The third kappa shape index (κ3) is 4.23. The summed E-state index contributed by atoms with van der Waals surface area (Å²) in [5, 5.41) is 0. The third-order valence-corrected chi connectivity index (χ3v) is 4.34. The van der Waals surface area contributed by atoms with Crippen molar-refractivity contribution in [3.8, 4) is 0 Å². The summed E-state index contributed by atoms with van der Waals surface area (Å²) < 4.78 is 0. The first kappa shape index (κ1) is 13.3. The monoisotopic (exact) mass is 239 g/mol. The standard InChI is InChI=1S/C14H29N3/c1-14(2)6-3-7-17(12-14)11-10-16-8-4-13(15)5-9-16/h13H,3-12,15H2,1-2H3. The van der Waals surface area contributed by atoms with Crippen LogP contribution >= 0.6 is 0 Å². The largest absolute Gasteiger partial charge is 0.328 e. The minimum absolute atomic E-state index is 0.458. The molecule has 3 nitrogen and oxygen atoms in total. The molecule has 0 bridgehead atoms. The Hall–Kier alpha value is -0.120. The normalized spacial score (nSPS) is 28.4. The van der Waals surface area contributed by atoms with Crippen molar-refractivity contribution in [2.24, 2.45) is 11.1 Å². The molecule has 2 heterocycles. The molecule has 0 atom stereocenters. The zero-order valence-electron chi connectivity index (χ0n) is 11.6. The molecule has 0 aliphatic carbocycles. The van der Waals surface area contributed by atoms with E-state index in [2.05, 4.69) is 23.6 Å². The highest BCUT2D eigenvalue weighted by Gasteiger charge is 2.26. The molecule has 2 rings (SSSR count). The lowest BCUT2D eigenvalue weighted by Gasteiger charge is -2.39. The van der Waals surface area contributed by atoms with E-state index in [9.17, 15) is 0 Å². The molecule has 0 saturated carbocycles. The minimum Gasteiger partial charge on any atom is -0.328 e. The Labute approximate surface area is 106 Å². The molecular weight excluding hydrogens is 210 g/mol. The second kappa shape index (κ2) is 5.68. The van der Waals surface area contributed by atoms with Gasteiger partial charge < -0.3 is 15.5 Å². The number of nitrogens with zero attached hydrogens (tertiary/aromatic N) is 2. The first-order chi connectivity index (χ1) is 8.05. The predicted molar refractivity (Wildman–Crippen MR) is 73.1 cm³/mol. The lowest BCUT2D eigenvalue weighted by atomic mass is 9.84. The molecule has 0 aromatic rings. The number of nitrogens with two attached hydrogens (primary N) is 1. The summed E-state index contributed by atoms with van der Waals surface area (Å²) in [7, 11) is 0. The van der Waals surface area contributed by atoms with Crippen molar-refractivity contribution in [2.75, 3.05) is 39.3 Å². The molecule has 100 valence electrons. The van der Waals surface area contributed by atoms with E-state index in [1.54, 1.807) is 0 Å². The molecule has 17 heavy (non-hydrogen) atoms. The van der Waals surface area contributed by atoms with Crippen molar-refractivity contribution in [1.29, 1.82) is 0 Å². The molecule has 2 N–H and O–H groups in total. The third-order valence-electron chi connectivity index (χ3n) is 4.34. The van der Waals surface area contributed by atoms with Crippen molar-refractivity contribution in [2.45, 2.75) is 45.6 Å². The summed E-state index contributed by atoms with van der Waals surface area (Å²) in [5.41, 5.74) is 6.46. The van der Waals surface area contributed by atoms with E-state index in [4.69, 9.17) is 5.73 Å². The summed E-state index contributed by atoms with van der Waals surface area (Å²) in [6.45, 7) is 12.3. The Morgan fingerprint density at radius 1 is 1.06 bits per heavy atom. The van der Waals surface area contributed by atoms with Gasteiger partial charge in [-0.2, -0.15) is 0 Å². The van der Waals surface area contributed by atoms with Crippen molar-refractivity contribution in [3.05, 3.63) is 0 Å². The fourth-order valence-corrected chi connectivity index (χ4v) is 3.19. The molecule has 0 aromatic heterocycles. The van der Waals surface area contributed by atoms with Crippen LogP contribution in [0.25, 0.3) is 0 Å². The molecule has 2 fully saturated rings. The van der Waals surface area contributed by atoms with Crippen LogP contribution in [0.1, 0.15) is 39.5 Å². The van der Waals surface area contributed by atoms with Crippen LogP contribution < -0.4 is 5.73 Å². The van der Waals surface area contributed by atoms with Crippen LogP contribution in [-0.2, 0) is 0 Å². The van der Waals surface area contributed by atoms with E-state index in [1.165, 1.54) is 65.0 Å². The van der Waals surface area contributed by atoms with Gasteiger partial charge in [-0.15, -0.1) is 0 Å². The van der Waals surface area contributed by atoms with Gasteiger partial charge in [0.25, 0.3) is 0 Å². The zero-order valence-corrected chi connectivity index (χ0v) is 11.6. The highest BCUT2D eigenvalue weighted by Crippen LogP contribution is 2.28. The van der Waals surface area contributed by atoms with Crippen LogP contribution in [0, 0.1) is 5.41 Å². The van der Waals surface area contributed by atoms with Crippen LogP contribution in [0.15, 0.2) is 0 Å². The van der Waals surface area contributed by atoms with E-state index in [-0.39, 0.29) is 0 Å². The van der Waals surface area contributed by atoms with E-state index in [1.807, 2.05) is 0 Å². The van der Waals surface area contributed by atoms with E-state index in [0.717, 1.165) is 0 Å². The van der Waals surface area contributed by atoms with E-state index >= 15 is 0 Å². The summed E-state index contributed by atoms with van der Waals surface area (Å²) in [5.74, 6) is 0. The summed E-state index contributed by atoms with van der Waals surface area (Å²) in [6, 6.07) is 0.458. The van der Waals surface area contributed by atoms with Gasteiger partial charge in [0.05, 0.1) is 0 Å². The Bertz CT molecular complexity index is 232. The van der Waals surface area contributed by atoms with Gasteiger partial charge in [0.2, 0.25) is 0 Å². The lowest BCUT2D eigenvalue weighted by molar-refractivity contribution is 0.0983. The van der Waals surface area contributed by atoms with Crippen LogP contribution in [0.2, 0.25) is 0 Å². The van der Waals surface area contributed by atoms with Gasteiger partial charge in [0.1, 0.15) is 0 Å². The summed E-state index contributed by atoms with van der Waals surface area (Å²) in [6.07, 6.45) is 5.14. The molecule has 2 aliphatic heterocycles. The average Bonchev–Trinajstić information content (AvgIpc) is 2.27. The molecular formula is C14H29N3. The van der Waals surface area contributed by atoms with Crippen LogP contribution in [0.4, 0.5) is 0 Å². The molecule has 2 saturated heterocycles. The Kier molecular flexibility index (Phi) is 4.45. The topological polar surface area (TPSA) is 32.5 Å². The minimum atomic E-state index is 0.458. The second-order valence-electron chi connectivity index (χ2n) is 6.72. The zero-order chi connectivity index (χ0) is 12.3. The van der Waals surface area contributed by atoms with Crippen LogP contribution in [0.5, 0.6) is 0 Å². The van der Waals surface area contributed by atoms with E-state index < -0.39 is 0 Å². The first-order valence-electron chi connectivity index (χ1n) is 7.25. The van der Waals surface area contributed by atoms with E-state index in [0.29, 0.717) is 11.5 Å². The molecule has 3 heteroatoms. The highest BCUT2D eigenvalue weighted by molar-refractivity contribution is 4.81. The fourth-order valence-electron chi connectivity index (χ4n) is 3.19. The van der Waals surface area contributed by atoms with Gasteiger partial charge in [0.15, 0.2) is 0 Å². The molecule has 2 aliphatic rings. The number of hydrogen-bond acceptors (Lipinski definition) is 3. The number of hydrogen-bond donors (Lipinski definition) is 1. The maximum Gasteiger partial charge on any atom is 0.0110 e. The van der Waals surface area contributed by atoms with Crippen molar-refractivity contribution in [1.82, 2.24) is 9.80 Å². The fraction of sp³-hybridized carbons (Fsp3) is 1.00. The van der Waals surface area contributed by atoms with Gasteiger partial charge in [-0.3, -0.25) is 0 Å². The lowest BCUT2D eigenvalue weighted by Crippen LogP contribution is -2.46. The van der Waals surface area contributed by atoms with Gasteiger partial charge >= 0.3 is 0 Å². The summed E-state index contributed by atoms with van der Waals surface area (Å²) >= 11 is 0. The number of rotatable bonds is 3. The molecule has 0 spiro atoms. The van der Waals surface area contributed by atoms with Crippen LogP contribution in [-0.4, -0.2) is 55.1 Å². The molecule has 0 unspecified atom stereocenters. The Balaban J connectivity index is 1.68. The average molecular weight is 239 g/mol. The van der Waals surface area contributed by atoms with Gasteiger partial charge in [-0.1, -0.05) is 13.8 Å². The Morgan fingerprint density at radius 2 is 1.71 bits per heavy atom. The van der Waals surface area contributed by atoms with Gasteiger partial charge in [-0.05, 0) is 50.7 Å². The SMILES string of the molecule is CC1(C)CCCN(CCN2CCC(N)CC2)C1. The van der Waals surface area contributed by atoms with Crippen molar-refractivity contribution < 1.29 is 0 Å².